The number of rotatable bonds is 1. The molecule has 3 rings (SSSR count). The Morgan fingerprint density at radius 1 is 1.33 bits per heavy atom. The number of aromatic nitrogens is 3. The van der Waals surface area contributed by atoms with Gasteiger partial charge < -0.3 is 5.11 Å². The molecule has 3 N–H and O–H groups in total. The Kier molecular flexibility index (Phi) is 2.38. The maximum absolute atomic E-state index is 11.8. The van der Waals surface area contributed by atoms with Crippen LogP contribution in [0.4, 0.5) is 0 Å². The molecule has 6 heteroatoms. The van der Waals surface area contributed by atoms with Gasteiger partial charge in [0.1, 0.15) is 5.76 Å². The fourth-order valence-electron chi connectivity index (χ4n) is 2.09. The first kappa shape index (κ1) is 10.9. The average Bonchev–Trinajstić information content (AvgIpc) is 2.68. The zero-order valence-corrected chi connectivity index (χ0v) is 10.0. The molecule has 0 spiro atoms. The highest BCUT2D eigenvalue weighted by Crippen LogP contribution is 2.34. The maximum Gasteiger partial charge on any atom is 0.278 e. The number of aliphatic hydroxyl groups is 1. The SMILES string of the molecule is O=c1[nH]c(=S)[nH]nc1C1=C(O)c2ccccc2C1. The first-order valence-corrected chi connectivity index (χ1v) is 5.77. The number of nitrogens with zero attached hydrogens (tertiary/aromatic N) is 1. The monoisotopic (exact) mass is 259 g/mol. The molecule has 0 atom stereocenters. The van der Waals surface area contributed by atoms with Crippen molar-refractivity contribution in [1.82, 2.24) is 15.2 Å². The number of benzene rings is 1. The lowest BCUT2D eigenvalue weighted by Gasteiger charge is -2.00. The van der Waals surface area contributed by atoms with Gasteiger partial charge in [-0.05, 0) is 17.8 Å². The molecule has 0 bridgehead atoms. The summed E-state index contributed by atoms with van der Waals surface area (Å²) in [5.41, 5.74) is 2.03. The van der Waals surface area contributed by atoms with Gasteiger partial charge >= 0.3 is 0 Å². The van der Waals surface area contributed by atoms with Gasteiger partial charge in [-0.1, -0.05) is 24.3 Å². The number of fused-ring (bicyclic) bond motifs is 1. The van der Waals surface area contributed by atoms with E-state index in [9.17, 15) is 9.90 Å². The lowest BCUT2D eigenvalue weighted by atomic mass is 10.1. The quantitative estimate of drug-likeness (QED) is 0.682. The molecule has 1 aliphatic carbocycles. The van der Waals surface area contributed by atoms with Crippen LogP contribution < -0.4 is 5.56 Å². The van der Waals surface area contributed by atoms with Crippen LogP contribution in [0.25, 0.3) is 11.3 Å². The molecule has 0 saturated carbocycles. The van der Waals surface area contributed by atoms with Gasteiger partial charge in [-0.2, -0.15) is 5.10 Å². The lowest BCUT2D eigenvalue weighted by molar-refractivity contribution is 0.515. The second-order valence-electron chi connectivity index (χ2n) is 4.02. The largest absolute Gasteiger partial charge is 0.507 e. The van der Waals surface area contributed by atoms with Crippen molar-refractivity contribution in [1.29, 1.82) is 0 Å². The summed E-state index contributed by atoms with van der Waals surface area (Å²) in [5, 5.41) is 16.6. The summed E-state index contributed by atoms with van der Waals surface area (Å²) in [4.78, 5) is 14.2. The first-order chi connectivity index (χ1) is 8.66. The van der Waals surface area contributed by atoms with Gasteiger partial charge in [-0.25, -0.2) is 0 Å². The molecule has 18 heavy (non-hydrogen) atoms. The van der Waals surface area contributed by atoms with E-state index in [4.69, 9.17) is 12.2 Å². The second-order valence-corrected chi connectivity index (χ2v) is 4.42. The fourth-order valence-corrected chi connectivity index (χ4v) is 2.23. The molecule has 0 radical (unpaired) electrons. The lowest BCUT2D eigenvalue weighted by Crippen LogP contribution is -2.16. The highest BCUT2D eigenvalue weighted by molar-refractivity contribution is 7.71. The van der Waals surface area contributed by atoms with Gasteiger partial charge in [0.2, 0.25) is 0 Å². The third-order valence-corrected chi connectivity index (χ3v) is 3.12. The molecule has 1 aromatic carbocycles. The van der Waals surface area contributed by atoms with Crippen molar-refractivity contribution in [2.75, 3.05) is 0 Å². The van der Waals surface area contributed by atoms with Crippen LogP contribution in [0.1, 0.15) is 16.8 Å². The number of hydrogen-bond acceptors (Lipinski definition) is 4. The maximum atomic E-state index is 11.8. The van der Waals surface area contributed by atoms with Crippen molar-refractivity contribution in [2.45, 2.75) is 6.42 Å². The highest BCUT2D eigenvalue weighted by Gasteiger charge is 2.24. The van der Waals surface area contributed by atoms with E-state index >= 15 is 0 Å². The van der Waals surface area contributed by atoms with E-state index in [1.165, 1.54) is 0 Å². The van der Waals surface area contributed by atoms with Gasteiger partial charge in [0.15, 0.2) is 10.5 Å². The molecule has 0 saturated heterocycles. The van der Waals surface area contributed by atoms with Crippen LogP contribution in [0.2, 0.25) is 0 Å². The summed E-state index contributed by atoms with van der Waals surface area (Å²) in [5.74, 6) is 0.106. The van der Waals surface area contributed by atoms with Crippen LogP contribution in [0.3, 0.4) is 0 Å². The highest BCUT2D eigenvalue weighted by atomic mass is 32.1. The average molecular weight is 259 g/mol. The molecule has 0 fully saturated rings. The fraction of sp³-hybridized carbons (Fsp3) is 0.0833. The minimum absolute atomic E-state index is 0.106. The summed E-state index contributed by atoms with van der Waals surface area (Å²) in [7, 11) is 0. The zero-order valence-electron chi connectivity index (χ0n) is 9.23. The molecule has 0 unspecified atom stereocenters. The smallest absolute Gasteiger partial charge is 0.278 e. The molecule has 0 amide bonds. The summed E-state index contributed by atoms with van der Waals surface area (Å²) in [6, 6.07) is 7.47. The first-order valence-electron chi connectivity index (χ1n) is 5.36. The van der Waals surface area contributed by atoms with Gasteiger partial charge in [-0.3, -0.25) is 14.9 Å². The van der Waals surface area contributed by atoms with Crippen molar-refractivity contribution in [3.8, 4) is 0 Å². The van der Waals surface area contributed by atoms with Crippen molar-refractivity contribution in [3.05, 3.63) is 56.2 Å². The molecule has 0 aliphatic heterocycles. The Morgan fingerprint density at radius 3 is 2.83 bits per heavy atom. The van der Waals surface area contributed by atoms with Crippen LogP contribution in [-0.2, 0) is 6.42 Å². The summed E-state index contributed by atoms with van der Waals surface area (Å²) in [6.07, 6.45) is 0.489. The number of aromatic amines is 2. The van der Waals surface area contributed by atoms with Gasteiger partial charge in [0.05, 0.1) is 0 Å². The molecule has 2 aromatic rings. The topological polar surface area (TPSA) is 81.8 Å². The van der Waals surface area contributed by atoms with E-state index in [1.807, 2.05) is 24.3 Å². The minimum Gasteiger partial charge on any atom is -0.507 e. The predicted octanol–water partition coefficient (Wildman–Crippen LogP) is 1.81. The van der Waals surface area contributed by atoms with Crippen LogP contribution >= 0.6 is 12.2 Å². The summed E-state index contributed by atoms with van der Waals surface area (Å²) < 4.78 is 0.166. The molecule has 1 aromatic heterocycles. The number of allylic oxidation sites excluding steroid dienone is 1. The molecular formula is C12H9N3O2S. The molecular weight excluding hydrogens is 250 g/mol. The van der Waals surface area contributed by atoms with E-state index in [0.29, 0.717) is 12.0 Å². The van der Waals surface area contributed by atoms with Crippen LogP contribution in [0, 0.1) is 4.77 Å². The Balaban J connectivity index is 2.19. The van der Waals surface area contributed by atoms with Gasteiger partial charge in [0, 0.05) is 17.6 Å². The van der Waals surface area contributed by atoms with Crippen LogP contribution in [-0.4, -0.2) is 20.3 Å². The minimum atomic E-state index is -0.395. The van der Waals surface area contributed by atoms with Crippen molar-refractivity contribution in [2.24, 2.45) is 0 Å². The van der Waals surface area contributed by atoms with Crippen LogP contribution in [0.5, 0.6) is 0 Å². The van der Waals surface area contributed by atoms with E-state index < -0.39 is 5.56 Å². The normalized spacial score (nSPS) is 13.8. The van der Waals surface area contributed by atoms with E-state index in [2.05, 4.69) is 15.2 Å². The Labute approximate surface area is 107 Å². The number of H-pyrrole nitrogens is 2. The van der Waals surface area contributed by atoms with Crippen molar-refractivity contribution < 1.29 is 5.11 Å². The Bertz CT molecular complexity index is 773. The van der Waals surface area contributed by atoms with E-state index in [0.717, 1.165) is 11.1 Å². The summed E-state index contributed by atoms with van der Waals surface area (Å²) in [6.45, 7) is 0. The zero-order chi connectivity index (χ0) is 12.7. The molecule has 90 valence electrons. The number of hydrogen-bond donors (Lipinski definition) is 3. The predicted molar refractivity (Wildman–Crippen MR) is 69.6 cm³/mol. The van der Waals surface area contributed by atoms with E-state index in [-0.39, 0.29) is 16.2 Å². The van der Waals surface area contributed by atoms with Crippen LogP contribution in [0.15, 0.2) is 29.1 Å². The second kappa shape index (κ2) is 3.92. The van der Waals surface area contributed by atoms with Gasteiger partial charge in [0.25, 0.3) is 5.56 Å². The third kappa shape index (κ3) is 1.58. The molecule has 1 heterocycles. The van der Waals surface area contributed by atoms with Gasteiger partial charge in [-0.15, -0.1) is 0 Å². The third-order valence-electron chi connectivity index (χ3n) is 2.92. The molecule has 5 nitrogen and oxygen atoms in total. The van der Waals surface area contributed by atoms with Crippen molar-refractivity contribution >= 4 is 23.6 Å². The van der Waals surface area contributed by atoms with Crippen molar-refractivity contribution in [3.63, 3.8) is 0 Å². The number of nitrogens with one attached hydrogen (secondary N) is 2. The summed E-state index contributed by atoms with van der Waals surface area (Å²) >= 11 is 4.78. The standard InChI is InChI=1S/C12H9N3O2S/c16-10-7-4-2-1-3-6(7)5-8(10)9-11(17)13-12(18)15-14-9/h1-4,16H,5H2,(H2,13,15,17,18). The number of aliphatic hydroxyl groups excluding tert-OH is 1. The Hall–Kier alpha value is -2.21. The molecule has 1 aliphatic rings. The Morgan fingerprint density at radius 2 is 2.11 bits per heavy atom. The van der Waals surface area contributed by atoms with E-state index in [1.54, 1.807) is 0 Å².